The lowest BCUT2D eigenvalue weighted by atomic mass is 10.2. The van der Waals surface area contributed by atoms with Crippen LogP contribution in [0.4, 0.5) is 5.82 Å². The van der Waals surface area contributed by atoms with E-state index in [4.69, 9.17) is 0 Å². The second-order valence-corrected chi connectivity index (χ2v) is 9.50. The number of anilines is 1. The first-order valence-electron chi connectivity index (χ1n) is 8.71. The van der Waals surface area contributed by atoms with E-state index in [0.717, 1.165) is 4.47 Å². The Balaban J connectivity index is 1.58. The average Bonchev–Trinajstić information content (AvgIpc) is 2.67. The predicted molar refractivity (Wildman–Crippen MR) is 109 cm³/mol. The summed E-state index contributed by atoms with van der Waals surface area (Å²) >= 11 is 3.32. The lowest BCUT2D eigenvalue weighted by molar-refractivity contribution is -0.128. The molecule has 0 spiro atoms. The number of benzene rings is 1. The Morgan fingerprint density at radius 3 is 2.61 bits per heavy atom. The number of aromatic nitrogens is 1. The molecule has 1 aromatic carbocycles. The van der Waals surface area contributed by atoms with Crippen LogP contribution in [0.15, 0.2) is 47.1 Å². The number of carbonyl (C=O) groups excluding carboxylic acids is 1. The quantitative estimate of drug-likeness (QED) is 0.673. The van der Waals surface area contributed by atoms with Crippen LogP contribution in [-0.4, -0.2) is 56.1 Å². The van der Waals surface area contributed by atoms with Crippen molar-refractivity contribution in [2.24, 2.45) is 0 Å². The van der Waals surface area contributed by atoms with Gasteiger partial charge in [-0.3, -0.25) is 4.79 Å². The summed E-state index contributed by atoms with van der Waals surface area (Å²) in [6.45, 7) is 1.80. The molecule has 1 aromatic heterocycles. The molecule has 146 valence electrons. The van der Waals surface area contributed by atoms with Crippen molar-refractivity contribution >= 4 is 37.5 Å². The smallest absolute Gasteiger partial charge is 0.237 e. The number of hydrogen-bond acceptors (Lipinski definition) is 6. The molecule has 28 heavy (non-hydrogen) atoms. The molecule has 1 saturated heterocycles. The van der Waals surface area contributed by atoms with E-state index in [0.29, 0.717) is 43.1 Å². The number of amides is 1. The summed E-state index contributed by atoms with van der Waals surface area (Å²) in [6.07, 6.45) is 1.63. The van der Waals surface area contributed by atoms with E-state index in [1.54, 1.807) is 41.4 Å². The summed E-state index contributed by atoms with van der Waals surface area (Å²) in [6, 6.07) is 12.6. The van der Waals surface area contributed by atoms with Crippen molar-refractivity contribution in [2.75, 3.05) is 36.8 Å². The van der Waals surface area contributed by atoms with Crippen LogP contribution in [0.5, 0.6) is 0 Å². The second kappa shape index (κ2) is 8.71. The van der Waals surface area contributed by atoms with Gasteiger partial charge in [0.2, 0.25) is 5.91 Å². The summed E-state index contributed by atoms with van der Waals surface area (Å²) in [5, 5.41) is 9.20. The monoisotopic (exact) mass is 462 g/mol. The van der Waals surface area contributed by atoms with Crippen molar-refractivity contribution in [2.45, 2.75) is 5.75 Å². The van der Waals surface area contributed by atoms with Crippen molar-refractivity contribution in [1.82, 2.24) is 9.88 Å². The summed E-state index contributed by atoms with van der Waals surface area (Å²) in [5.41, 5.74) is 1.13. The number of piperazine rings is 1. The van der Waals surface area contributed by atoms with Crippen molar-refractivity contribution in [3.63, 3.8) is 0 Å². The number of pyridine rings is 1. The molecule has 9 heteroatoms. The number of carbonyl (C=O) groups is 1. The first-order valence-corrected chi connectivity index (χ1v) is 11.3. The molecule has 1 amide bonds. The third-order valence-corrected chi connectivity index (χ3v) is 6.41. The topological polar surface area (TPSA) is 94.4 Å². The first kappa shape index (κ1) is 20.3. The number of hydrogen-bond donors (Lipinski definition) is 0. The van der Waals surface area contributed by atoms with E-state index in [2.05, 4.69) is 27.0 Å². The normalized spacial score (nSPS) is 14.6. The molecule has 2 aromatic rings. The molecule has 0 N–H and O–H groups in total. The van der Waals surface area contributed by atoms with Crippen LogP contribution in [-0.2, 0) is 20.4 Å². The Kier molecular flexibility index (Phi) is 6.31. The largest absolute Gasteiger partial charge is 0.352 e. The van der Waals surface area contributed by atoms with Crippen molar-refractivity contribution in [3.05, 3.63) is 58.2 Å². The van der Waals surface area contributed by atoms with Gasteiger partial charge in [-0.25, -0.2) is 13.4 Å². The highest BCUT2D eigenvalue weighted by molar-refractivity contribution is 9.10. The molecule has 0 atom stereocenters. The maximum atomic E-state index is 12.5. The van der Waals surface area contributed by atoms with E-state index in [-0.39, 0.29) is 5.75 Å². The van der Waals surface area contributed by atoms with Crippen LogP contribution in [0.25, 0.3) is 0 Å². The molecule has 0 radical (unpaired) electrons. The minimum absolute atomic E-state index is 0.169. The summed E-state index contributed by atoms with van der Waals surface area (Å²) in [5.74, 6) is -0.472. The molecule has 3 rings (SSSR count). The maximum absolute atomic E-state index is 12.5. The van der Waals surface area contributed by atoms with Crippen LogP contribution >= 0.6 is 15.9 Å². The molecule has 1 fully saturated rings. The van der Waals surface area contributed by atoms with Gasteiger partial charge in [-0.2, -0.15) is 5.26 Å². The SMILES string of the molecule is N#Cc1cccnc1N1CCN(C(=O)CS(=O)(=O)Cc2cccc(Br)c2)CC1. The molecule has 2 heterocycles. The predicted octanol–water partition coefficient (Wildman–Crippen LogP) is 1.98. The van der Waals surface area contributed by atoms with Gasteiger partial charge in [0.1, 0.15) is 17.6 Å². The summed E-state index contributed by atoms with van der Waals surface area (Å²) in [4.78, 5) is 20.2. The molecule has 0 saturated carbocycles. The fourth-order valence-electron chi connectivity index (χ4n) is 3.12. The molecule has 7 nitrogen and oxygen atoms in total. The number of nitrogens with zero attached hydrogens (tertiary/aromatic N) is 4. The zero-order chi connectivity index (χ0) is 20.1. The Morgan fingerprint density at radius 2 is 1.93 bits per heavy atom. The zero-order valence-electron chi connectivity index (χ0n) is 15.1. The van der Waals surface area contributed by atoms with Gasteiger partial charge in [0.15, 0.2) is 9.84 Å². The molecule has 1 aliphatic rings. The van der Waals surface area contributed by atoms with E-state index >= 15 is 0 Å². The number of halogens is 1. The molecule has 1 aliphatic heterocycles. The lowest BCUT2D eigenvalue weighted by Crippen LogP contribution is -2.50. The lowest BCUT2D eigenvalue weighted by Gasteiger charge is -2.35. The van der Waals surface area contributed by atoms with Gasteiger partial charge in [0, 0.05) is 36.8 Å². The van der Waals surface area contributed by atoms with E-state index < -0.39 is 21.5 Å². The van der Waals surface area contributed by atoms with Crippen LogP contribution in [0.1, 0.15) is 11.1 Å². The van der Waals surface area contributed by atoms with Crippen LogP contribution < -0.4 is 4.90 Å². The highest BCUT2D eigenvalue weighted by Gasteiger charge is 2.26. The van der Waals surface area contributed by atoms with Gasteiger partial charge < -0.3 is 9.80 Å². The van der Waals surface area contributed by atoms with Gasteiger partial charge in [-0.05, 0) is 29.8 Å². The maximum Gasteiger partial charge on any atom is 0.237 e. The Hall–Kier alpha value is -2.44. The van der Waals surface area contributed by atoms with E-state index in [9.17, 15) is 18.5 Å². The van der Waals surface area contributed by atoms with Crippen LogP contribution in [0.2, 0.25) is 0 Å². The molecule has 0 aliphatic carbocycles. The number of rotatable bonds is 5. The van der Waals surface area contributed by atoms with E-state index in [1.165, 1.54) is 0 Å². The van der Waals surface area contributed by atoms with Gasteiger partial charge >= 0.3 is 0 Å². The molecular weight excluding hydrogens is 444 g/mol. The zero-order valence-corrected chi connectivity index (χ0v) is 17.5. The van der Waals surface area contributed by atoms with Gasteiger partial charge in [0.25, 0.3) is 0 Å². The second-order valence-electron chi connectivity index (χ2n) is 6.52. The fourth-order valence-corrected chi connectivity index (χ4v) is 4.91. The highest BCUT2D eigenvalue weighted by Crippen LogP contribution is 2.19. The fraction of sp³-hybridized carbons (Fsp3) is 0.316. The van der Waals surface area contributed by atoms with E-state index in [1.807, 2.05) is 11.0 Å². The standard InChI is InChI=1S/C19H19BrN4O3S/c20-17-5-1-3-15(11-17)13-28(26,27)14-18(25)23-7-9-24(10-8-23)19-16(12-21)4-2-6-22-19/h1-6,11H,7-10,13-14H2. The third-order valence-electron chi connectivity index (χ3n) is 4.46. The van der Waals surface area contributed by atoms with Gasteiger partial charge in [-0.15, -0.1) is 0 Å². The van der Waals surface area contributed by atoms with Crippen molar-refractivity contribution in [1.29, 1.82) is 5.26 Å². The Morgan fingerprint density at radius 1 is 1.18 bits per heavy atom. The number of nitriles is 1. The van der Waals surface area contributed by atoms with Crippen LogP contribution in [0.3, 0.4) is 0 Å². The average molecular weight is 463 g/mol. The minimum atomic E-state index is -3.56. The third kappa shape index (κ3) is 5.09. The molecule has 0 unspecified atom stereocenters. The summed E-state index contributed by atoms with van der Waals surface area (Å²) in [7, 11) is -3.56. The molecule has 0 bridgehead atoms. The summed E-state index contributed by atoms with van der Waals surface area (Å²) < 4.78 is 25.6. The highest BCUT2D eigenvalue weighted by atomic mass is 79.9. The minimum Gasteiger partial charge on any atom is -0.352 e. The van der Waals surface area contributed by atoms with Crippen molar-refractivity contribution in [3.8, 4) is 6.07 Å². The Bertz CT molecular complexity index is 1010. The number of sulfone groups is 1. The Labute approximate surface area is 172 Å². The first-order chi connectivity index (χ1) is 13.4. The van der Waals surface area contributed by atoms with Gasteiger partial charge in [-0.1, -0.05) is 28.1 Å². The van der Waals surface area contributed by atoms with Crippen LogP contribution in [0, 0.1) is 11.3 Å². The van der Waals surface area contributed by atoms with Crippen molar-refractivity contribution < 1.29 is 13.2 Å². The van der Waals surface area contributed by atoms with Gasteiger partial charge in [0.05, 0.1) is 11.3 Å². The molecular formula is C19H19BrN4O3S.